The SMILES string of the molecule is Cc1cc(OCCO)ccc1C(=O)Nc1nnc(-c2cccs2)o1. The molecule has 0 atom stereocenters. The lowest BCUT2D eigenvalue weighted by Crippen LogP contribution is -2.14. The highest BCUT2D eigenvalue weighted by Gasteiger charge is 2.15. The maximum Gasteiger partial charge on any atom is 0.322 e. The molecule has 2 heterocycles. The van der Waals surface area contributed by atoms with Gasteiger partial charge in [-0.3, -0.25) is 10.1 Å². The Hall–Kier alpha value is -2.71. The predicted molar refractivity (Wildman–Crippen MR) is 89.3 cm³/mol. The molecule has 0 saturated carbocycles. The van der Waals surface area contributed by atoms with Crippen molar-refractivity contribution < 1.29 is 19.1 Å². The Morgan fingerprint density at radius 1 is 1.38 bits per heavy atom. The van der Waals surface area contributed by atoms with Crippen molar-refractivity contribution in [1.82, 2.24) is 10.2 Å². The number of aryl methyl sites for hydroxylation is 1. The van der Waals surface area contributed by atoms with Crippen molar-refractivity contribution in [2.75, 3.05) is 18.5 Å². The molecule has 3 aromatic rings. The molecule has 0 unspecified atom stereocenters. The minimum atomic E-state index is -0.345. The summed E-state index contributed by atoms with van der Waals surface area (Å²) in [6, 6.07) is 8.83. The van der Waals surface area contributed by atoms with Crippen LogP contribution in [0.25, 0.3) is 10.8 Å². The van der Waals surface area contributed by atoms with Gasteiger partial charge in [0.25, 0.3) is 11.8 Å². The number of aromatic nitrogens is 2. The molecule has 7 nitrogen and oxygen atoms in total. The van der Waals surface area contributed by atoms with Crippen LogP contribution in [-0.4, -0.2) is 34.4 Å². The molecular weight excluding hydrogens is 330 g/mol. The fraction of sp³-hybridized carbons (Fsp3) is 0.188. The molecule has 2 aromatic heterocycles. The van der Waals surface area contributed by atoms with Crippen molar-refractivity contribution in [1.29, 1.82) is 0 Å². The fourth-order valence-corrected chi connectivity index (χ4v) is 2.73. The number of aliphatic hydroxyl groups is 1. The summed E-state index contributed by atoms with van der Waals surface area (Å²) in [6.45, 7) is 1.94. The molecule has 0 aliphatic heterocycles. The lowest BCUT2D eigenvalue weighted by molar-refractivity contribution is 0.102. The number of nitrogens with zero attached hydrogens (tertiary/aromatic N) is 2. The van der Waals surface area contributed by atoms with E-state index < -0.39 is 0 Å². The maximum absolute atomic E-state index is 12.3. The van der Waals surface area contributed by atoms with Crippen LogP contribution < -0.4 is 10.1 Å². The second-order valence-electron chi connectivity index (χ2n) is 4.89. The number of carbonyl (C=O) groups excluding carboxylic acids is 1. The minimum Gasteiger partial charge on any atom is -0.491 e. The number of nitrogens with one attached hydrogen (secondary N) is 1. The molecule has 0 radical (unpaired) electrons. The van der Waals surface area contributed by atoms with Crippen LogP contribution in [0.2, 0.25) is 0 Å². The highest BCUT2D eigenvalue weighted by atomic mass is 32.1. The monoisotopic (exact) mass is 345 g/mol. The first-order chi connectivity index (χ1) is 11.7. The summed E-state index contributed by atoms with van der Waals surface area (Å²) in [5.74, 6) is 0.614. The van der Waals surface area contributed by atoms with Crippen LogP contribution in [-0.2, 0) is 0 Å². The lowest BCUT2D eigenvalue weighted by Gasteiger charge is -2.08. The zero-order chi connectivity index (χ0) is 16.9. The van der Waals surface area contributed by atoms with Crippen LogP contribution in [0.15, 0.2) is 40.1 Å². The molecule has 0 fully saturated rings. The Balaban J connectivity index is 1.71. The van der Waals surface area contributed by atoms with Crippen LogP contribution in [0, 0.1) is 6.92 Å². The molecule has 2 N–H and O–H groups in total. The number of anilines is 1. The van der Waals surface area contributed by atoms with Crippen LogP contribution in [0.1, 0.15) is 15.9 Å². The van der Waals surface area contributed by atoms with Gasteiger partial charge in [-0.25, -0.2) is 0 Å². The number of amides is 1. The minimum absolute atomic E-state index is 0.0448. The summed E-state index contributed by atoms with van der Waals surface area (Å²) in [5.41, 5.74) is 1.21. The highest BCUT2D eigenvalue weighted by Crippen LogP contribution is 2.25. The molecule has 3 rings (SSSR count). The fourth-order valence-electron chi connectivity index (χ4n) is 2.08. The summed E-state index contributed by atoms with van der Waals surface area (Å²) in [4.78, 5) is 13.2. The summed E-state index contributed by atoms with van der Waals surface area (Å²) < 4.78 is 10.8. The normalized spacial score (nSPS) is 10.6. The zero-order valence-corrected chi connectivity index (χ0v) is 13.7. The number of carbonyl (C=O) groups is 1. The molecule has 1 aromatic carbocycles. The van der Waals surface area contributed by atoms with Gasteiger partial charge in [-0.05, 0) is 42.1 Å². The van der Waals surface area contributed by atoms with Gasteiger partial charge < -0.3 is 14.3 Å². The third-order valence-corrected chi connectivity index (χ3v) is 4.04. The molecule has 0 saturated heterocycles. The number of benzene rings is 1. The number of rotatable bonds is 6. The van der Waals surface area contributed by atoms with Crippen LogP contribution in [0.5, 0.6) is 5.75 Å². The molecule has 8 heteroatoms. The zero-order valence-electron chi connectivity index (χ0n) is 12.9. The van der Waals surface area contributed by atoms with E-state index in [9.17, 15) is 4.79 Å². The van der Waals surface area contributed by atoms with E-state index in [0.29, 0.717) is 17.2 Å². The highest BCUT2D eigenvalue weighted by molar-refractivity contribution is 7.13. The summed E-state index contributed by atoms with van der Waals surface area (Å²) >= 11 is 1.47. The van der Waals surface area contributed by atoms with Crippen molar-refractivity contribution in [3.8, 4) is 16.5 Å². The van der Waals surface area contributed by atoms with Gasteiger partial charge in [-0.2, -0.15) is 0 Å². The van der Waals surface area contributed by atoms with Crippen LogP contribution in [0.4, 0.5) is 6.01 Å². The predicted octanol–water partition coefficient (Wildman–Crippen LogP) is 2.73. The van der Waals surface area contributed by atoms with Crippen molar-refractivity contribution in [3.63, 3.8) is 0 Å². The van der Waals surface area contributed by atoms with E-state index in [2.05, 4.69) is 15.5 Å². The molecule has 0 bridgehead atoms. The number of thiophene rings is 1. The van der Waals surface area contributed by atoms with Gasteiger partial charge in [0.1, 0.15) is 12.4 Å². The average Bonchev–Trinajstić information content (AvgIpc) is 3.24. The maximum atomic E-state index is 12.3. The number of hydrogen-bond acceptors (Lipinski definition) is 7. The molecule has 1 amide bonds. The molecule has 24 heavy (non-hydrogen) atoms. The number of aliphatic hydroxyl groups excluding tert-OH is 1. The number of hydrogen-bond donors (Lipinski definition) is 2. The topological polar surface area (TPSA) is 97.5 Å². The first-order valence-electron chi connectivity index (χ1n) is 7.20. The first-order valence-corrected chi connectivity index (χ1v) is 8.08. The molecular formula is C16H15N3O4S. The number of ether oxygens (including phenoxy) is 1. The Kier molecular flexibility index (Phi) is 4.88. The first kappa shape index (κ1) is 16.2. The van der Waals surface area contributed by atoms with Gasteiger partial charge in [-0.1, -0.05) is 11.2 Å². The summed E-state index contributed by atoms with van der Waals surface area (Å²) in [6.07, 6.45) is 0. The van der Waals surface area contributed by atoms with Crippen molar-refractivity contribution >= 4 is 23.3 Å². The van der Waals surface area contributed by atoms with Crippen molar-refractivity contribution in [2.45, 2.75) is 6.92 Å². The molecule has 0 aliphatic rings. The van der Waals surface area contributed by atoms with E-state index >= 15 is 0 Å². The Morgan fingerprint density at radius 2 is 2.25 bits per heavy atom. The van der Waals surface area contributed by atoms with Gasteiger partial charge in [0.15, 0.2) is 0 Å². The summed E-state index contributed by atoms with van der Waals surface area (Å²) in [7, 11) is 0. The lowest BCUT2D eigenvalue weighted by atomic mass is 10.1. The smallest absolute Gasteiger partial charge is 0.322 e. The van der Waals surface area contributed by atoms with Gasteiger partial charge >= 0.3 is 6.01 Å². The second kappa shape index (κ2) is 7.24. The third kappa shape index (κ3) is 3.61. The van der Waals surface area contributed by atoms with Crippen LogP contribution >= 0.6 is 11.3 Å². The second-order valence-corrected chi connectivity index (χ2v) is 5.84. The molecule has 124 valence electrons. The van der Waals surface area contributed by atoms with Gasteiger partial charge in [0, 0.05) is 5.56 Å². The molecule has 0 aliphatic carbocycles. The van der Waals surface area contributed by atoms with Gasteiger partial charge in [0.05, 0.1) is 11.5 Å². The largest absolute Gasteiger partial charge is 0.491 e. The Morgan fingerprint density at radius 3 is 2.96 bits per heavy atom. The van der Waals surface area contributed by atoms with Crippen molar-refractivity contribution in [2.24, 2.45) is 0 Å². The third-order valence-electron chi connectivity index (χ3n) is 3.18. The quantitative estimate of drug-likeness (QED) is 0.713. The van der Waals surface area contributed by atoms with Crippen LogP contribution in [0.3, 0.4) is 0 Å². The van der Waals surface area contributed by atoms with Gasteiger partial charge in [0.2, 0.25) is 0 Å². The standard InChI is InChI=1S/C16H15N3O4S/c1-10-9-11(22-7-6-20)4-5-12(10)14(21)17-16-19-18-15(23-16)13-3-2-8-24-13/h2-5,8-9,20H,6-7H2,1H3,(H,17,19,21). The van der Waals surface area contributed by atoms with E-state index in [1.165, 1.54) is 11.3 Å². The molecule has 0 spiro atoms. The van der Waals surface area contributed by atoms with E-state index in [-0.39, 0.29) is 25.1 Å². The average molecular weight is 345 g/mol. The van der Waals surface area contributed by atoms with E-state index in [4.69, 9.17) is 14.3 Å². The van der Waals surface area contributed by atoms with Crippen molar-refractivity contribution in [3.05, 3.63) is 46.8 Å². The van der Waals surface area contributed by atoms with E-state index in [1.807, 2.05) is 17.5 Å². The Bertz CT molecular complexity index is 830. The van der Waals surface area contributed by atoms with Gasteiger partial charge in [-0.15, -0.1) is 16.4 Å². The van der Waals surface area contributed by atoms with E-state index in [0.717, 1.165) is 10.4 Å². The Labute approximate surface area is 141 Å². The van der Waals surface area contributed by atoms with E-state index in [1.54, 1.807) is 25.1 Å². The summed E-state index contributed by atoms with van der Waals surface area (Å²) in [5, 5.41) is 21.0.